The molecule has 2 unspecified atom stereocenters. The maximum Gasteiger partial charge on any atom is 0.220 e. The highest BCUT2D eigenvalue weighted by Gasteiger charge is 2.35. The number of aliphatic hydroxyl groups is 1. The van der Waals surface area contributed by atoms with Crippen LogP contribution >= 0.6 is 0 Å². The number of carbonyl (C=O) groups excluding carboxylic acids is 1. The second-order valence-electron chi connectivity index (χ2n) is 7.67. The maximum atomic E-state index is 12.2. The first-order chi connectivity index (χ1) is 10.2. The highest BCUT2D eigenvalue weighted by molar-refractivity contribution is 5.76. The molecule has 2 atom stereocenters. The van der Waals surface area contributed by atoms with Crippen LogP contribution in [-0.2, 0) is 4.79 Å². The quantitative estimate of drug-likeness (QED) is 0.726. The smallest absolute Gasteiger partial charge is 0.220 e. The number of amides is 1. The molecule has 2 saturated heterocycles. The van der Waals surface area contributed by atoms with E-state index in [4.69, 9.17) is 0 Å². The lowest BCUT2D eigenvalue weighted by Crippen LogP contribution is -2.43. The number of piperidine rings is 1. The highest BCUT2D eigenvalue weighted by atomic mass is 16.3. The minimum Gasteiger partial charge on any atom is -0.396 e. The number of rotatable bonds is 5. The fraction of sp³-hybridized carbons (Fsp3) is 0.941. The van der Waals surface area contributed by atoms with E-state index in [1.165, 1.54) is 32.1 Å². The molecule has 21 heavy (non-hydrogen) atoms. The molecule has 1 amide bonds. The van der Waals surface area contributed by atoms with Crippen LogP contribution in [0.4, 0.5) is 0 Å². The van der Waals surface area contributed by atoms with Gasteiger partial charge in [-0.2, -0.15) is 0 Å². The third kappa shape index (κ3) is 3.78. The van der Waals surface area contributed by atoms with E-state index in [0.717, 1.165) is 25.7 Å². The van der Waals surface area contributed by atoms with E-state index in [-0.39, 0.29) is 17.9 Å². The molecule has 4 nitrogen and oxygen atoms in total. The Kier molecular flexibility index (Phi) is 4.85. The molecular formula is C17H30N2O2. The van der Waals surface area contributed by atoms with Gasteiger partial charge in [-0.15, -0.1) is 0 Å². The van der Waals surface area contributed by atoms with Crippen molar-refractivity contribution in [3.8, 4) is 0 Å². The predicted molar refractivity (Wildman–Crippen MR) is 82.9 cm³/mol. The number of hydrogen-bond donors (Lipinski definition) is 3. The third-order valence-corrected chi connectivity index (χ3v) is 5.95. The van der Waals surface area contributed by atoms with Gasteiger partial charge in [-0.25, -0.2) is 0 Å². The lowest BCUT2D eigenvalue weighted by Gasteiger charge is -2.36. The summed E-state index contributed by atoms with van der Waals surface area (Å²) in [6.07, 6.45) is 11.3. The van der Waals surface area contributed by atoms with Crippen molar-refractivity contribution in [2.75, 3.05) is 13.2 Å². The second-order valence-corrected chi connectivity index (χ2v) is 7.67. The first-order valence-corrected chi connectivity index (χ1v) is 8.83. The van der Waals surface area contributed by atoms with Gasteiger partial charge in [0.25, 0.3) is 0 Å². The van der Waals surface area contributed by atoms with Crippen molar-refractivity contribution < 1.29 is 9.90 Å². The van der Waals surface area contributed by atoms with Crippen molar-refractivity contribution in [3.63, 3.8) is 0 Å². The molecule has 2 aliphatic heterocycles. The number of carbonyl (C=O) groups is 1. The zero-order chi connectivity index (χ0) is 14.7. The van der Waals surface area contributed by atoms with Gasteiger partial charge in [0.05, 0.1) is 6.61 Å². The standard InChI is InChI=1S/C17H30N2O2/c20-12-17(6-2-1-3-7-17)11-18-16(21)10-13-8-14-4-5-15(9-13)19-14/h13-15,19-20H,1-12H2,(H,18,21). The van der Waals surface area contributed by atoms with E-state index >= 15 is 0 Å². The Labute approximate surface area is 128 Å². The normalized spacial score (nSPS) is 34.6. The van der Waals surface area contributed by atoms with Crippen LogP contribution in [0.3, 0.4) is 0 Å². The molecule has 3 fully saturated rings. The summed E-state index contributed by atoms with van der Waals surface area (Å²) in [5, 5.41) is 16.4. The lowest BCUT2D eigenvalue weighted by atomic mass is 9.74. The van der Waals surface area contributed by atoms with Gasteiger partial charge in [0.1, 0.15) is 0 Å². The fourth-order valence-electron chi connectivity index (χ4n) is 4.65. The van der Waals surface area contributed by atoms with Crippen LogP contribution < -0.4 is 10.6 Å². The molecule has 2 bridgehead atoms. The third-order valence-electron chi connectivity index (χ3n) is 5.95. The summed E-state index contributed by atoms with van der Waals surface area (Å²) in [6, 6.07) is 1.31. The zero-order valence-corrected chi connectivity index (χ0v) is 13.1. The Hall–Kier alpha value is -0.610. The van der Waals surface area contributed by atoms with E-state index < -0.39 is 0 Å². The minimum atomic E-state index is -0.0406. The van der Waals surface area contributed by atoms with Crippen molar-refractivity contribution in [3.05, 3.63) is 0 Å². The number of hydrogen-bond acceptors (Lipinski definition) is 3. The first kappa shape index (κ1) is 15.3. The first-order valence-electron chi connectivity index (χ1n) is 8.83. The SMILES string of the molecule is O=C(CC1CC2CCC(C1)N2)NCC1(CO)CCCCC1. The Balaban J connectivity index is 1.43. The van der Waals surface area contributed by atoms with Gasteiger partial charge in [0, 0.05) is 30.5 Å². The molecular weight excluding hydrogens is 264 g/mol. The summed E-state index contributed by atoms with van der Waals surface area (Å²) in [4.78, 5) is 12.2. The summed E-state index contributed by atoms with van der Waals surface area (Å²) in [7, 11) is 0. The van der Waals surface area contributed by atoms with Crippen molar-refractivity contribution >= 4 is 5.91 Å². The van der Waals surface area contributed by atoms with Gasteiger partial charge in [-0.1, -0.05) is 19.3 Å². The molecule has 120 valence electrons. The van der Waals surface area contributed by atoms with Crippen molar-refractivity contribution in [2.24, 2.45) is 11.3 Å². The summed E-state index contributed by atoms with van der Waals surface area (Å²) >= 11 is 0. The van der Waals surface area contributed by atoms with E-state index in [0.29, 0.717) is 31.0 Å². The molecule has 1 aliphatic carbocycles. The monoisotopic (exact) mass is 294 g/mol. The molecule has 0 spiro atoms. The lowest BCUT2D eigenvalue weighted by molar-refractivity contribution is -0.123. The van der Waals surface area contributed by atoms with E-state index in [9.17, 15) is 9.90 Å². The van der Waals surface area contributed by atoms with Crippen LogP contribution in [0.25, 0.3) is 0 Å². The number of fused-ring (bicyclic) bond motifs is 2. The second kappa shape index (κ2) is 6.66. The Morgan fingerprint density at radius 2 is 1.81 bits per heavy atom. The van der Waals surface area contributed by atoms with Gasteiger partial charge >= 0.3 is 0 Å². The topological polar surface area (TPSA) is 61.4 Å². The fourth-order valence-corrected chi connectivity index (χ4v) is 4.65. The molecule has 3 aliphatic rings. The zero-order valence-electron chi connectivity index (χ0n) is 13.1. The molecule has 0 aromatic carbocycles. The molecule has 0 aromatic heterocycles. The molecule has 0 aromatic rings. The molecule has 2 heterocycles. The average Bonchev–Trinajstić information content (AvgIpc) is 2.85. The van der Waals surface area contributed by atoms with E-state index in [2.05, 4.69) is 10.6 Å². The van der Waals surface area contributed by atoms with Crippen LogP contribution in [-0.4, -0.2) is 36.2 Å². The van der Waals surface area contributed by atoms with E-state index in [1.54, 1.807) is 0 Å². The largest absolute Gasteiger partial charge is 0.396 e. The Morgan fingerprint density at radius 3 is 2.43 bits per heavy atom. The molecule has 3 N–H and O–H groups in total. The summed E-state index contributed by atoms with van der Waals surface area (Å²) in [5.41, 5.74) is -0.0406. The van der Waals surface area contributed by atoms with Crippen molar-refractivity contribution in [1.29, 1.82) is 0 Å². The van der Waals surface area contributed by atoms with Gasteiger partial charge in [-0.3, -0.25) is 4.79 Å². The number of aliphatic hydroxyl groups excluding tert-OH is 1. The maximum absolute atomic E-state index is 12.2. The Bertz CT molecular complexity index is 354. The average molecular weight is 294 g/mol. The van der Waals surface area contributed by atoms with E-state index in [1.807, 2.05) is 0 Å². The Morgan fingerprint density at radius 1 is 1.14 bits per heavy atom. The van der Waals surface area contributed by atoms with Crippen LogP contribution in [0, 0.1) is 11.3 Å². The van der Waals surface area contributed by atoms with Crippen molar-refractivity contribution in [1.82, 2.24) is 10.6 Å². The highest BCUT2D eigenvalue weighted by Crippen LogP contribution is 2.35. The van der Waals surface area contributed by atoms with Crippen LogP contribution in [0.15, 0.2) is 0 Å². The molecule has 4 heteroatoms. The van der Waals surface area contributed by atoms with Crippen molar-refractivity contribution in [2.45, 2.75) is 76.3 Å². The molecule has 0 radical (unpaired) electrons. The van der Waals surface area contributed by atoms with Crippen LogP contribution in [0.5, 0.6) is 0 Å². The predicted octanol–water partition coefficient (Wildman–Crippen LogP) is 1.97. The molecule has 3 rings (SSSR count). The van der Waals surface area contributed by atoms with Gasteiger partial charge in [-0.05, 0) is 44.4 Å². The molecule has 1 saturated carbocycles. The van der Waals surface area contributed by atoms with Crippen LogP contribution in [0.2, 0.25) is 0 Å². The van der Waals surface area contributed by atoms with Gasteiger partial charge in [0.2, 0.25) is 5.91 Å². The van der Waals surface area contributed by atoms with Crippen LogP contribution in [0.1, 0.15) is 64.2 Å². The number of nitrogens with one attached hydrogen (secondary N) is 2. The minimum absolute atomic E-state index is 0.0406. The van der Waals surface area contributed by atoms with Gasteiger partial charge < -0.3 is 15.7 Å². The summed E-state index contributed by atoms with van der Waals surface area (Å²) in [5.74, 6) is 0.750. The summed E-state index contributed by atoms with van der Waals surface area (Å²) in [6.45, 7) is 0.880. The summed E-state index contributed by atoms with van der Waals surface area (Å²) < 4.78 is 0. The van der Waals surface area contributed by atoms with Gasteiger partial charge in [0.15, 0.2) is 0 Å².